The van der Waals surface area contributed by atoms with Crippen LogP contribution in [0, 0.1) is 17.0 Å². The Labute approximate surface area is 193 Å². The number of nitro groups is 1. The molecule has 3 aromatic rings. The van der Waals surface area contributed by atoms with Crippen LogP contribution in [0.2, 0.25) is 0 Å². The van der Waals surface area contributed by atoms with Gasteiger partial charge >= 0.3 is 0 Å². The predicted molar refractivity (Wildman–Crippen MR) is 126 cm³/mol. The van der Waals surface area contributed by atoms with Gasteiger partial charge in [0.2, 0.25) is 0 Å². The number of nitro benzene ring substituents is 1. The van der Waals surface area contributed by atoms with Gasteiger partial charge in [-0.25, -0.2) is 0 Å². The molecule has 0 N–H and O–H groups in total. The van der Waals surface area contributed by atoms with E-state index in [0.717, 1.165) is 27.8 Å². The highest BCUT2D eigenvalue weighted by molar-refractivity contribution is 8.18. The highest BCUT2D eigenvalue weighted by Crippen LogP contribution is 2.37. The Balaban J connectivity index is 1.57. The van der Waals surface area contributed by atoms with Gasteiger partial charge in [0.1, 0.15) is 0 Å². The Morgan fingerprint density at radius 1 is 1.03 bits per heavy atom. The molecule has 0 radical (unpaired) electrons. The van der Waals surface area contributed by atoms with Crippen molar-refractivity contribution in [2.45, 2.75) is 23.3 Å². The Kier molecular flexibility index (Phi) is 6.43. The summed E-state index contributed by atoms with van der Waals surface area (Å²) in [6.07, 6.45) is 1.53. The molecule has 4 rings (SSSR count). The number of aryl methyl sites for hydroxylation is 1. The number of thioether (sulfide) groups is 1. The van der Waals surface area contributed by atoms with Crippen molar-refractivity contribution < 1.29 is 14.5 Å². The van der Waals surface area contributed by atoms with Crippen LogP contribution in [0.25, 0.3) is 6.08 Å². The zero-order valence-corrected chi connectivity index (χ0v) is 18.7. The summed E-state index contributed by atoms with van der Waals surface area (Å²) in [6, 6.07) is 21.8. The number of hydrogen-bond donors (Lipinski definition) is 0. The Hall–Kier alpha value is -3.36. The van der Waals surface area contributed by atoms with Gasteiger partial charge in [0.15, 0.2) is 0 Å². The third-order valence-electron chi connectivity index (χ3n) is 4.78. The van der Waals surface area contributed by atoms with E-state index in [1.54, 1.807) is 12.1 Å². The third kappa shape index (κ3) is 4.92. The molecule has 8 heteroatoms. The molecular weight excluding hydrogens is 444 g/mol. The van der Waals surface area contributed by atoms with Gasteiger partial charge in [-0.3, -0.25) is 24.6 Å². The Morgan fingerprint density at radius 2 is 1.75 bits per heavy atom. The number of imide groups is 1. The van der Waals surface area contributed by atoms with E-state index in [9.17, 15) is 19.7 Å². The summed E-state index contributed by atoms with van der Waals surface area (Å²) in [5.74, 6) is -0.399. The van der Waals surface area contributed by atoms with E-state index in [0.29, 0.717) is 10.5 Å². The number of carbonyl (C=O) groups excluding carboxylic acids is 2. The zero-order valence-electron chi connectivity index (χ0n) is 17.1. The molecule has 1 saturated heterocycles. The first kappa shape index (κ1) is 21.9. The standard InChI is InChI=1S/C24H18N2O4S2/c1-16-7-10-19(11-8-16)31-21-12-9-18(13-20(21)26(29)30)14-22-23(27)25(24(28)32-22)15-17-5-3-2-4-6-17/h2-14H,15H2,1H3/b22-14-. The second-order valence-electron chi connectivity index (χ2n) is 7.15. The normalized spacial score (nSPS) is 14.9. The summed E-state index contributed by atoms with van der Waals surface area (Å²) in [4.78, 5) is 39.2. The molecule has 3 aromatic carbocycles. The number of amides is 2. The lowest BCUT2D eigenvalue weighted by Gasteiger charge is -2.12. The smallest absolute Gasteiger partial charge is 0.268 e. The van der Waals surface area contributed by atoms with E-state index in [4.69, 9.17) is 0 Å². The molecular formula is C24H18N2O4S2. The van der Waals surface area contributed by atoms with Crippen molar-refractivity contribution in [1.29, 1.82) is 0 Å². The topological polar surface area (TPSA) is 80.5 Å². The molecule has 0 saturated carbocycles. The molecule has 160 valence electrons. The minimum absolute atomic E-state index is 0.0483. The number of rotatable bonds is 6. The average molecular weight is 463 g/mol. The van der Waals surface area contributed by atoms with Crippen molar-refractivity contribution >= 4 is 46.4 Å². The first-order valence-corrected chi connectivity index (χ1v) is 11.4. The highest BCUT2D eigenvalue weighted by Gasteiger charge is 2.35. The van der Waals surface area contributed by atoms with E-state index in [-0.39, 0.29) is 22.4 Å². The summed E-state index contributed by atoms with van der Waals surface area (Å²) in [6.45, 7) is 2.17. The van der Waals surface area contributed by atoms with Crippen LogP contribution >= 0.6 is 23.5 Å². The van der Waals surface area contributed by atoms with Crippen molar-refractivity contribution in [2.75, 3.05) is 0 Å². The molecule has 1 fully saturated rings. The molecule has 0 bridgehead atoms. The maximum Gasteiger partial charge on any atom is 0.293 e. The summed E-state index contributed by atoms with van der Waals surface area (Å²) in [7, 11) is 0. The molecule has 1 aliphatic rings. The molecule has 0 unspecified atom stereocenters. The molecule has 0 spiro atoms. The van der Waals surface area contributed by atoms with E-state index in [2.05, 4.69) is 0 Å². The van der Waals surface area contributed by atoms with Crippen LogP contribution in [-0.2, 0) is 11.3 Å². The van der Waals surface area contributed by atoms with Crippen LogP contribution in [0.4, 0.5) is 10.5 Å². The van der Waals surface area contributed by atoms with Crippen LogP contribution in [0.1, 0.15) is 16.7 Å². The Morgan fingerprint density at radius 3 is 2.44 bits per heavy atom. The van der Waals surface area contributed by atoms with Crippen molar-refractivity contribution in [3.63, 3.8) is 0 Å². The van der Waals surface area contributed by atoms with Crippen molar-refractivity contribution in [2.24, 2.45) is 0 Å². The third-order valence-corrected chi connectivity index (χ3v) is 6.76. The Bertz CT molecular complexity index is 1220. The highest BCUT2D eigenvalue weighted by atomic mass is 32.2. The molecule has 0 atom stereocenters. The summed E-state index contributed by atoms with van der Waals surface area (Å²) >= 11 is 2.15. The fourth-order valence-corrected chi connectivity index (χ4v) is 4.88. The van der Waals surface area contributed by atoms with Crippen molar-refractivity contribution in [3.8, 4) is 0 Å². The SMILES string of the molecule is Cc1ccc(Sc2ccc(/C=C3\SC(=O)N(Cc4ccccc4)C3=O)cc2[N+](=O)[O-])cc1. The van der Waals surface area contributed by atoms with E-state index < -0.39 is 10.8 Å². The molecule has 6 nitrogen and oxygen atoms in total. The van der Waals surface area contributed by atoms with Crippen LogP contribution in [-0.4, -0.2) is 21.0 Å². The van der Waals surface area contributed by atoms with Crippen LogP contribution in [0.5, 0.6) is 0 Å². The molecule has 1 heterocycles. The number of carbonyl (C=O) groups is 2. The van der Waals surface area contributed by atoms with Crippen LogP contribution < -0.4 is 0 Å². The molecule has 32 heavy (non-hydrogen) atoms. The first-order chi connectivity index (χ1) is 15.4. The van der Waals surface area contributed by atoms with Gasteiger partial charge in [-0.05, 0) is 54.1 Å². The van der Waals surface area contributed by atoms with Gasteiger partial charge in [0, 0.05) is 11.0 Å². The maximum atomic E-state index is 12.8. The average Bonchev–Trinajstić information content (AvgIpc) is 3.04. The van der Waals surface area contributed by atoms with E-state index >= 15 is 0 Å². The lowest BCUT2D eigenvalue weighted by atomic mass is 10.1. The predicted octanol–water partition coefficient (Wildman–Crippen LogP) is 6.29. The number of nitrogens with zero attached hydrogens (tertiary/aromatic N) is 2. The van der Waals surface area contributed by atoms with Gasteiger partial charge in [-0.2, -0.15) is 0 Å². The number of hydrogen-bond acceptors (Lipinski definition) is 6. The minimum atomic E-state index is -0.436. The van der Waals surface area contributed by atoms with Crippen molar-refractivity contribution in [3.05, 3.63) is 105 Å². The molecule has 0 aliphatic carbocycles. The first-order valence-electron chi connectivity index (χ1n) is 9.73. The van der Waals surface area contributed by atoms with Gasteiger partial charge in [-0.15, -0.1) is 0 Å². The molecule has 0 aromatic heterocycles. The lowest BCUT2D eigenvalue weighted by molar-refractivity contribution is -0.387. The zero-order chi connectivity index (χ0) is 22.7. The van der Waals surface area contributed by atoms with Gasteiger partial charge < -0.3 is 0 Å². The molecule has 1 aliphatic heterocycles. The summed E-state index contributed by atoms with van der Waals surface area (Å²) < 4.78 is 0. The second kappa shape index (κ2) is 9.42. The second-order valence-corrected chi connectivity index (χ2v) is 9.26. The monoisotopic (exact) mass is 462 g/mol. The quantitative estimate of drug-likeness (QED) is 0.243. The maximum absolute atomic E-state index is 12.8. The van der Waals surface area contributed by atoms with Crippen LogP contribution in [0.3, 0.4) is 0 Å². The largest absolute Gasteiger partial charge is 0.293 e. The van der Waals surface area contributed by atoms with Crippen LogP contribution in [0.15, 0.2) is 87.5 Å². The fraction of sp³-hybridized carbons (Fsp3) is 0.0833. The lowest BCUT2D eigenvalue weighted by Crippen LogP contribution is -2.27. The van der Waals surface area contributed by atoms with Gasteiger partial charge in [0.05, 0.1) is 21.3 Å². The number of benzene rings is 3. The molecule has 2 amide bonds. The van der Waals surface area contributed by atoms with Gasteiger partial charge in [0.25, 0.3) is 16.8 Å². The summed E-state index contributed by atoms with van der Waals surface area (Å²) in [5.41, 5.74) is 2.41. The fourth-order valence-electron chi connectivity index (χ4n) is 3.14. The van der Waals surface area contributed by atoms with E-state index in [1.165, 1.54) is 28.8 Å². The minimum Gasteiger partial charge on any atom is -0.268 e. The van der Waals surface area contributed by atoms with Gasteiger partial charge in [-0.1, -0.05) is 65.9 Å². The summed E-state index contributed by atoms with van der Waals surface area (Å²) in [5, 5.41) is 11.3. The van der Waals surface area contributed by atoms with Crippen molar-refractivity contribution in [1.82, 2.24) is 4.90 Å². The van der Waals surface area contributed by atoms with E-state index in [1.807, 2.05) is 61.5 Å².